The first-order chi connectivity index (χ1) is 11.9. The van der Waals surface area contributed by atoms with E-state index in [4.69, 9.17) is 9.84 Å². The van der Waals surface area contributed by atoms with Crippen LogP contribution >= 0.6 is 0 Å². The van der Waals surface area contributed by atoms with Crippen LogP contribution in [0.4, 0.5) is 5.69 Å². The average Bonchev–Trinajstić information content (AvgIpc) is 2.60. The van der Waals surface area contributed by atoms with Gasteiger partial charge in [-0.1, -0.05) is 32.0 Å². The second kappa shape index (κ2) is 8.15. The Labute approximate surface area is 146 Å². The SMILES string of the molecule is COc1ccc(/C=C/C(=O)O)cc1NC(=O)c1ccc(C(C)C)cc1. The number of carboxylic acid groups (broad SMARTS) is 1. The fourth-order valence-electron chi connectivity index (χ4n) is 2.31. The third kappa shape index (κ3) is 4.94. The number of amides is 1. The van der Waals surface area contributed by atoms with Crippen molar-refractivity contribution < 1.29 is 19.4 Å². The Kier molecular flexibility index (Phi) is 5.95. The number of hydrogen-bond donors (Lipinski definition) is 2. The van der Waals surface area contributed by atoms with Gasteiger partial charge in [-0.15, -0.1) is 0 Å². The summed E-state index contributed by atoms with van der Waals surface area (Å²) in [5, 5.41) is 11.5. The summed E-state index contributed by atoms with van der Waals surface area (Å²) < 4.78 is 5.26. The Morgan fingerprint density at radius 1 is 1.12 bits per heavy atom. The number of hydrogen-bond acceptors (Lipinski definition) is 3. The summed E-state index contributed by atoms with van der Waals surface area (Å²) in [6.45, 7) is 4.19. The van der Waals surface area contributed by atoms with E-state index in [0.29, 0.717) is 28.5 Å². The molecule has 0 aliphatic heterocycles. The number of rotatable bonds is 6. The Morgan fingerprint density at radius 3 is 2.36 bits per heavy atom. The maximum Gasteiger partial charge on any atom is 0.328 e. The Balaban J connectivity index is 2.23. The fourth-order valence-corrected chi connectivity index (χ4v) is 2.31. The monoisotopic (exact) mass is 339 g/mol. The lowest BCUT2D eigenvalue weighted by Gasteiger charge is -2.12. The number of aliphatic carboxylic acids is 1. The molecule has 5 heteroatoms. The van der Waals surface area contributed by atoms with E-state index in [1.54, 1.807) is 30.3 Å². The molecule has 1 amide bonds. The molecule has 0 aliphatic rings. The van der Waals surface area contributed by atoms with Crippen molar-refractivity contribution in [2.75, 3.05) is 12.4 Å². The lowest BCUT2D eigenvalue weighted by atomic mass is 10.0. The molecule has 0 radical (unpaired) electrons. The maximum absolute atomic E-state index is 12.5. The van der Waals surface area contributed by atoms with E-state index < -0.39 is 5.97 Å². The third-order valence-corrected chi connectivity index (χ3v) is 3.73. The Bertz CT molecular complexity index is 792. The molecule has 0 bridgehead atoms. The predicted molar refractivity (Wildman–Crippen MR) is 98.1 cm³/mol. The first kappa shape index (κ1) is 18.3. The van der Waals surface area contributed by atoms with Crippen LogP contribution in [-0.2, 0) is 4.79 Å². The molecule has 0 fully saturated rings. The number of ether oxygens (including phenoxy) is 1. The van der Waals surface area contributed by atoms with Gasteiger partial charge in [-0.3, -0.25) is 4.79 Å². The van der Waals surface area contributed by atoms with Crippen LogP contribution in [-0.4, -0.2) is 24.1 Å². The molecule has 0 saturated heterocycles. The lowest BCUT2D eigenvalue weighted by Crippen LogP contribution is -2.12. The molecule has 25 heavy (non-hydrogen) atoms. The Hall–Kier alpha value is -3.08. The highest BCUT2D eigenvalue weighted by molar-refractivity contribution is 6.05. The predicted octanol–water partition coefficient (Wildman–Crippen LogP) is 4.17. The zero-order valence-electron chi connectivity index (χ0n) is 14.4. The molecule has 2 rings (SSSR count). The molecule has 2 aromatic rings. The van der Waals surface area contributed by atoms with Crippen molar-refractivity contribution in [1.82, 2.24) is 0 Å². The molecule has 0 saturated carbocycles. The van der Waals surface area contributed by atoms with Crippen LogP contribution in [0.3, 0.4) is 0 Å². The van der Waals surface area contributed by atoms with Gasteiger partial charge in [0.1, 0.15) is 5.75 Å². The number of benzene rings is 2. The fraction of sp³-hybridized carbons (Fsp3) is 0.200. The van der Waals surface area contributed by atoms with Crippen LogP contribution < -0.4 is 10.1 Å². The molecule has 2 aromatic carbocycles. The van der Waals surface area contributed by atoms with Crippen molar-refractivity contribution in [3.05, 3.63) is 65.2 Å². The topological polar surface area (TPSA) is 75.6 Å². The van der Waals surface area contributed by atoms with Crippen molar-refractivity contribution >= 4 is 23.6 Å². The molecule has 0 heterocycles. The summed E-state index contributed by atoms with van der Waals surface area (Å²) in [5.74, 6) is -0.394. The van der Waals surface area contributed by atoms with Crippen molar-refractivity contribution in [3.63, 3.8) is 0 Å². The number of carbonyl (C=O) groups is 2. The molecule has 0 unspecified atom stereocenters. The van der Waals surface area contributed by atoms with Gasteiger partial charge < -0.3 is 15.2 Å². The molecule has 0 aliphatic carbocycles. The van der Waals surface area contributed by atoms with Crippen molar-refractivity contribution in [2.24, 2.45) is 0 Å². The quantitative estimate of drug-likeness (QED) is 0.775. The summed E-state index contributed by atoms with van der Waals surface area (Å²) in [5.41, 5.74) is 2.83. The first-order valence-electron chi connectivity index (χ1n) is 7.91. The van der Waals surface area contributed by atoms with Crippen LogP contribution in [0.5, 0.6) is 5.75 Å². The summed E-state index contributed by atoms with van der Waals surface area (Å²) in [4.78, 5) is 23.1. The number of nitrogens with one attached hydrogen (secondary N) is 1. The highest BCUT2D eigenvalue weighted by Crippen LogP contribution is 2.27. The summed E-state index contributed by atoms with van der Waals surface area (Å²) in [6, 6.07) is 12.5. The molecular weight excluding hydrogens is 318 g/mol. The molecule has 130 valence electrons. The summed E-state index contributed by atoms with van der Waals surface area (Å²) in [7, 11) is 1.51. The largest absolute Gasteiger partial charge is 0.495 e. The van der Waals surface area contributed by atoms with Crippen molar-refractivity contribution in [1.29, 1.82) is 0 Å². The van der Waals surface area contributed by atoms with E-state index in [-0.39, 0.29) is 5.91 Å². The van der Waals surface area contributed by atoms with E-state index in [9.17, 15) is 9.59 Å². The van der Waals surface area contributed by atoms with Crippen LogP contribution in [0.25, 0.3) is 6.08 Å². The van der Waals surface area contributed by atoms with Gasteiger partial charge in [0.15, 0.2) is 0 Å². The standard InChI is InChI=1S/C20H21NO4/c1-13(2)15-6-8-16(9-7-15)20(24)21-17-12-14(5-11-19(22)23)4-10-18(17)25-3/h4-13H,1-3H3,(H,21,24)(H,22,23)/b11-5+. The number of methoxy groups -OCH3 is 1. The number of carboxylic acids is 1. The minimum Gasteiger partial charge on any atom is -0.495 e. The van der Waals surface area contributed by atoms with Crippen molar-refractivity contribution in [3.8, 4) is 5.75 Å². The second-order valence-corrected chi connectivity index (χ2v) is 5.86. The molecule has 2 N–H and O–H groups in total. The second-order valence-electron chi connectivity index (χ2n) is 5.86. The molecule has 0 aromatic heterocycles. The van der Waals surface area contributed by atoms with Gasteiger partial charge >= 0.3 is 5.97 Å². The minimum absolute atomic E-state index is 0.257. The normalized spacial score (nSPS) is 10.9. The van der Waals surface area contributed by atoms with Gasteiger partial charge in [0.2, 0.25) is 0 Å². The smallest absolute Gasteiger partial charge is 0.328 e. The van der Waals surface area contributed by atoms with Gasteiger partial charge in [0.05, 0.1) is 12.8 Å². The van der Waals surface area contributed by atoms with Crippen LogP contribution in [0.15, 0.2) is 48.5 Å². The molecule has 0 spiro atoms. The third-order valence-electron chi connectivity index (χ3n) is 3.73. The zero-order chi connectivity index (χ0) is 18.4. The van der Waals surface area contributed by atoms with E-state index >= 15 is 0 Å². The van der Waals surface area contributed by atoms with E-state index in [1.165, 1.54) is 13.2 Å². The first-order valence-corrected chi connectivity index (χ1v) is 7.91. The number of carbonyl (C=O) groups excluding carboxylic acids is 1. The van der Waals surface area contributed by atoms with Gasteiger partial charge in [-0.05, 0) is 47.4 Å². The number of anilines is 1. The maximum atomic E-state index is 12.5. The van der Waals surface area contributed by atoms with Crippen LogP contribution in [0, 0.1) is 0 Å². The highest BCUT2D eigenvalue weighted by atomic mass is 16.5. The Morgan fingerprint density at radius 2 is 1.80 bits per heavy atom. The van der Waals surface area contributed by atoms with Gasteiger partial charge in [-0.2, -0.15) is 0 Å². The lowest BCUT2D eigenvalue weighted by molar-refractivity contribution is -0.131. The van der Waals surface area contributed by atoms with Crippen LogP contribution in [0.2, 0.25) is 0 Å². The highest BCUT2D eigenvalue weighted by Gasteiger charge is 2.11. The summed E-state index contributed by atoms with van der Waals surface area (Å²) >= 11 is 0. The zero-order valence-corrected chi connectivity index (χ0v) is 14.4. The summed E-state index contributed by atoms with van der Waals surface area (Å²) in [6.07, 6.45) is 2.49. The van der Waals surface area contributed by atoms with Crippen molar-refractivity contribution in [2.45, 2.75) is 19.8 Å². The van der Waals surface area contributed by atoms with Gasteiger partial charge in [-0.25, -0.2) is 4.79 Å². The van der Waals surface area contributed by atoms with E-state index in [0.717, 1.165) is 11.6 Å². The van der Waals surface area contributed by atoms with Gasteiger partial charge in [0.25, 0.3) is 5.91 Å². The molecule has 5 nitrogen and oxygen atoms in total. The molecular formula is C20H21NO4. The molecule has 0 atom stereocenters. The van der Waals surface area contributed by atoms with E-state index in [1.807, 2.05) is 12.1 Å². The van der Waals surface area contributed by atoms with Crippen LogP contribution in [0.1, 0.15) is 41.3 Å². The average molecular weight is 339 g/mol. The minimum atomic E-state index is -1.04. The van der Waals surface area contributed by atoms with Gasteiger partial charge in [0, 0.05) is 11.6 Å². The van der Waals surface area contributed by atoms with E-state index in [2.05, 4.69) is 19.2 Å².